The fraction of sp³-hybridized carbons (Fsp3) is 0.385. The molecule has 0 bridgehead atoms. The summed E-state index contributed by atoms with van der Waals surface area (Å²) >= 11 is 0. The number of benzene rings is 1. The molecule has 0 aliphatic carbocycles. The first kappa shape index (κ1) is 12.7. The fourth-order valence-corrected chi connectivity index (χ4v) is 1.96. The minimum absolute atomic E-state index is 0.225. The van der Waals surface area contributed by atoms with Gasteiger partial charge in [-0.25, -0.2) is 4.39 Å². The van der Waals surface area contributed by atoms with Crippen LogP contribution in [0.25, 0.3) is 0 Å². The molecule has 2 rings (SSSR count). The molecule has 1 heterocycles. The van der Waals surface area contributed by atoms with Crippen molar-refractivity contribution in [1.29, 1.82) is 0 Å². The topological polar surface area (TPSA) is 42.7 Å². The maximum atomic E-state index is 13.9. The van der Waals surface area contributed by atoms with E-state index in [0.29, 0.717) is 5.56 Å². The summed E-state index contributed by atoms with van der Waals surface area (Å²) in [6, 6.07) is 4.84. The van der Waals surface area contributed by atoms with Gasteiger partial charge in [0.25, 0.3) is 0 Å². The number of hydrogen-bond donors (Lipinski definition) is 1. The van der Waals surface area contributed by atoms with Gasteiger partial charge in [0, 0.05) is 12.6 Å². The zero-order chi connectivity index (χ0) is 13.1. The summed E-state index contributed by atoms with van der Waals surface area (Å²) in [6.07, 6.45) is 1.66. The highest BCUT2D eigenvalue weighted by molar-refractivity contribution is 5.31. The van der Waals surface area contributed by atoms with Crippen LogP contribution < -0.4 is 5.32 Å². The summed E-state index contributed by atoms with van der Waals surface area (Å²) in [6.45, 7) is 4.66. The molecule has 0 aliphatic rings. The number of aryl methyl sites for hydroxylation is 2. The first-order valence-corrected chi connectivity index (χ1v) is 5.97. The highest BCUT2D eigenvalue weighted by Gasteiger charge is 2.19. The molecule has 0 amide bonds. The summed E-state index contributed by atoms with van der Waals surface area (Å²) in [5.74, 6) is -0.225. The van der Waals surface area contributed by atoms with E-state index in [-0.39, 0.29) is 11.9 Å². The lowest BCUT2D eigenvalue weighted by atomic mass is 10.0. The number of aromatic nitrogens is 3. The Labute approximate surface area is 106 Å². The van der Waals surface area contributed by atoms with Crippen LogP contribution in [0.2, 0.25) is 0 Å². The van der Waals surface area contributed by atoms with Crippen LogP contribution in [0.15, 0.2) is 24.4 Å². The highest BCUT2D eigenvalue weighted by atomic mass is 19.1. The minimum atomic E-state index is -0.261. The summed E-state index contributed by atoms with van der Waals surface area (Å²) in [7, 11) is 1.75. The molecular weight excluding hydrogens is 231 g/mol. The van der Waals surface area contributed by atoms with E-state index in [1.807, 2.05) is 19.9 Å². The van der Waals surface area contributed by atoms with Gasteiger partial charge in [0.05, 0.1) is 12.2 Å². The van der Waals surface area contributed by atoms with Gasteiger partial charge in [-0.15, -0.1) is 0 Å². The number of hydrogen-bond acceptors (Lipinski definition) is 3. The van der Waals surface area contributed by atoms with E-state index in [0.717, 1.165) is 17.8 Å². The maximum absolute atomic E-state index is 13.9. The Morgan fingerprint density at radius 3 is 2.83 bits per heavy atom. The van der Waals surface area contributed by atoms with E-state index in [2.05, 4.69) is 15.5 Å². The number of nitrogens with zero attached hydrogens (tertiary/aromatic N) is 3. The van der Waals surface area contributed by atoms with Crippen LogP contribution in [0.1, 0.15) is 29.8 Å². The van der Waals surface area contributed by atoms with Crippen molar-refractivity contribution in [2.75, 3.05) is 6.54 Å². The van der Waals surface area contributed by atoms with Crippen LogP contribution in [-0.2, 0) is 7.05 Å². The van der Waals surface area contributed by atoms with Crippen LogP contribution in [-0.4, -0.2) is 21.5 Å². The number of rotatable bonds is 4. The van der Waals surface area contributed by atoms with E-state index < -0.39 is 0 Å². The predicted molar refractivity (Wildman–Crippen MR) is 67.7 cm³/mol. The summed E-state index contributed by atoms with van der Waals surface area (Å²) < 4.78 is 13.9. The first-order valence-electron chi connectivity index (χ1n) is 5.97. The van der Waals surface area contributed by atoms with Crippen molar-refractivity contribution in [2.24, 2.45) is 7.05 Å². The van der Waals surface area contributed by atoms with Crippen molar-refractivity contribution in [3.05, 3.63) is 47.0 Å². The first-order chi connectivity index (χ1) is 8.61. The van der Waals surface area contributed by atoms with Crippen LogP contribution >= 0.6 is 0 Å². The van der Waals surface area contributed by atoms with Gasteiger partial charge in [0.2, 0.25) is 0 Å². The summed E-state index contributed by atoms with van der Waals surface area (Å²) in [5.41, 5.74) is 2.36. The van der Waals surface area contributed by atoms with E-state index in [1.54, 1.807) is 19.3 Å². The second kappa shape index (κ2) is 5.27. The van der Waals surface area contributed by atoms with Gasteiger partial charge in [-0.05, 0) is 19.5 Å². The summed E-state index contributed by atoms with van der Waals surface area (Å²) in [4.78, 5) is 1.48. The zero-order valence-corrected chi connectivity index (χ0v) is 10.8. The Morgan fingerprint density at radius 1 is 1.44 bits per heavy atom. The average molecular weight is 248 g/mol. The Bertz CT molecular complexity index is 536. The third kappa shape index (κ3) is 2.56. The van der Waals surface area contributed by atoms with Gasteiger partial charge >= 0.3 is 0 Å². The molecule has 2 aromatic rings. The SMILES string of the molecule is CCNC(c1cnn(C)n1)c1cc(C)ccc1F. The van der Waals surface area contributed by atoms with Crippen molar-refractivity contribution in [1.82, 2.24) is 20.3 Å². The van der Waals surface area contributed by atoms with Gasteiger partial charge in [-0.3, -0.25) is 0 Å². The van der Waals surface area contributed by atoms with E-state index in [1.165, 1.54) is 10.9 Å². The lowest BCUT2D eigenvalue weighted by molar-refractivity contribution is 0.543. The van der Waals surface area contributed by atoms with Crippen molar-refractivity contribution in [2.45, 2.75) is 19.9 Å². The van der Waals surface area contributed by atoms with E-state index in [9.17, 15) is 4.39 Å². The van der Waals surface area contributed by atoms with Crippen LogP contribution in [0.3, 0.4) is 0 Å². The molecule has 1 unspecified atom stereocenters. The number of halogens is 1. The normalized spacial score (nSPS) is 12.7. The minimum Gasteiger partial charge on any atom is -0.305 e. The molecule has 5 heteroatoms. The third-order valence-electron chi connectivity index (χ3n) is 2.78. The molecule has 0 aliphatic heterocycles. The quantitative estimate of drug-likeness (QED) is 0.899. The molecule has 1 aromatic heterocycles. The van der Waals surface area contributed by atoms with E-state index >= 15 is 0 Å². The molecule has 0 fully saturated rings. The Kier molecular flexibility index (Phi) is 3.72. The lowest BCUT2D eigenvalue weighted by Gasteiger charge is -2.17. The van der Waals surface area contributed by atoms with Gasteiger partial charge < -0.3 is 5.32 Å². The smallest absolute Gasteiger partial charge is 0.128 e. The lowest BCUT2D eigenvalue weighted by Crippen LogP contribution is -2.23. The van der Waals surface area contributed by atoms with E-state index in [4.69, 9.17) is 0 Å². The Morgan fingerprint density at radius 2 is 2.22 bits per heavy atom. The standard InChI is InChI=1S/C13H17FN4/c1-4-15-13(12-8-16-18(3)17-12)10-7-9(2)5-6-11(10)14/h5-8,13,15H,4H2,1-3H3. The Hall–Kier alpha value is -1.75. The maximum Gasteiger partial charge on any atom is 0.128 e. The van der Waals surface area contributed by atoms with Gasteiger partial charge in [-0.1, -0.05) is 24.6 Å². The van der Waals surface area contributed by atoms with Crippen LogP contribution in [0.5, 0.6) is 0 Å². The van der Waals surface area contributed by atoms with Crippen molar-refractivity contribution < 1.29 is 4.39 Å². The van der Waals surface area contributed by atoms with Gasteiger partial charge in [-0.2, -0.15) is 15.0 Å². The molecule has 96 valence electrons. The van der Waals surface area contributed by atoms with Gasteiger partial charge in [0.15, 0.2) is 0 Å². The van der Waals surface area contributed by atoms with Crippen LogP contribution in [0, 0.1) is 12.7 Å². The van der Waals surface area contributed by atoms with Crippen molar-refractivity contribution in [3.63, 3.8) is 0 Å². The van der Waals surface area contributed by atoms with Crippen molar-refractivity contribution >= 4 is 0 Å². The third-order valence-corrected chi connectivity index (χ3v) is 2.78. The Balaban J connectivity index is 2.44. The second-order valence-electron chi connectivity index (χ2n) is 4.27. The average Bonchev–Trinajstić information content (AvgIpc) is 2.76. The fourth-order valence-electron chi connectivity index (χ4n) is 1.96. The second-order valence-corrected chi connectivity index (χ2v) is 4.27. The molecule has 1 atom stereocenters. The monoisotopic (exact) mass is 248 g/mol. The molecule has 4 nitrogen and oxygen atoms in total. The zero-order valence-electron chi connectivity index (χ0n) is 10.8. The molecule has 0 saturated carbocycles. The molecular formula is C13H17FN4. The molecule has 1 aromatic carbocycles. The van der Waals surface area contributed by atoms with Crippen LogP contribution in [0.4, 0.5) is 4.39 Å². The molecule has 18 heavy (non-hydrogen) atoms. The largest absolute Gasteiger partial charge is 0.305 e. The molecule has 0 spiro atoms. The molecule has 0 saturated heterocycles. The van der Waals surface area contributed by atoms with Gasteiger partial charge in [0.1, 0.15) is 11.5 Å². The molecule has 1 N–H and O–H groups in total. The highest BCUT2D eigenvalue weighted by Crippen LogP contribution is 2.23. The number of nitrogens with one attached hydrogen (secondary N) is 1. The van der Waals surface area contributed by atoms with Crippen molar-refractivity contribution in [3.8, 4) is 0 Å². The summed E-state index contributed by atoms with van der Waals surface area (Å²) in [5, 5.41) is 11.5. The molecule has 0 radical (unpaired) electrons. The predicted octanol–water partition coefficient (Wildman–Crippen LogP) is 1.96.